The molecule has 0 radical (unpaired) electrons. The van der Waals surface area contributed by atoms with Gasteiger partial charge in [0.15, 0.2) is 0 Å². The van der Waals surface area contributed by atoms with Crippen molar-refractivity contribution >= 4 is 24.2 Å². The Morgan fingerprint density at radius 3 is 2.82 bits per heavy atom. The first-order chi connectivity index (χ1) is 13.1. The van der Waals surface area contributed by atoms with E-state index >= 15 is 0 Å². The summed E-state index contributed by atoms with van der Waals surface area (Å²) < 4.78 is 5.36. The van der Waals surface area contributed by atoms with Gasteiger partial charge in [-0.1, -0.05) is 12.1 Å². The van der Waals surface area contributed by atoms with Crippen molar-refractivity contribution in [1.29, 1.82) is 0 Å². The summed E-state index contributed by atoms with van der Waals surface area (Å²) in [6.07, 6.45) is 4.42. The van der Waals surface area contributed by atoms with Crippen molar-refractivity contribution in [2.75, 3.05) is 33.3 Å². The Balaban J connectivity index is 0.00000280. The van der Waals surface area contributed by atoms with Gasteiger partial charge < -0.3 is 20.3 Å². The highest BCUT2D eigenvalue weighted by molar-refractivity contribution is 5.85. The Hall–Kier alpha value is -1.79. The maximum absolute atomic E-state index is 12.7. The van der Waals surface area contributed by atoms with Gasteiger partial charge in [0, 0.05) is 19.6 Å². The smallest absolute Gasteiger partial charge is 0.237 e. The average Bonchev–Trinajstić information content (AvgIpc) is 3.22. The standard InChI is InChI=1S/C21H31N3O3.ClH/c1-15-7-8-16(11-19(15)27-2)12-20(25)24-10-4-5-17(14-24)13-23-21(26)18-6-3-9-22-18;/h7-8,11,17-18,22H,3-6,9-10,12-14H2,1-2H3,(H,23,26);1H. The first-order valence-electron chi connectivity index (χ1n) is 9.99. The van der Waals surface area contributed by atoms with Gasteiger partial charge in [0.2, 0.25) is 11.8 Å². The highest BCUT2D eigenvalue weighted by Crippen LogP contribution is 2.21. The molecule has 2 heterocycles. The normalized spacial score (nSPS) is 21.7. The lowest BCUT2D eigenvalue weighted by atomic mass is 9.97. The van der Waals surface area contributed by atoms with E-state index in [1.54, 1.807) is 7.11 Å². The Kier molecular flexibility index (Phi) is 8.58. The Morgan fingerprint density at radius 2 is 2.11 bits per heavy atom. The summed E-state index contributed by atoms with van der Waals surface area (Å²) in [5.74, 6) is 1.40. The van der Waals surface area contributed by atoms with Crippen LogP contribution in [-0.2, 0) is 16.0 Å². The molecular formula is C21H32ClN3O3. The Morgan fingerprint density at radius 1 is 1.29 bits per heavy atom. The highest BCUT2D eigenvalue weighted by atomic mass is 35.5. The number of piperidine rings is 1. The van der Waals surface area contributed by atoms with Crippen molar-refractivity contribution < 1.29 is 14.3 Å². The summed E-state index contributed by atoms with van der Waals surface area (Å²) in [6.45, 7) is 5.10. The molecule has 2 amide bonds. The molecule has 1 aromatic rings. The van der Waals surface area contributed by atoms with Gasteiger partial charge in [-0.25, -0.2) is 0 Å². The number of amides is 2. The molecule has 2 aliphatic rings. The molecule has 2 fully saturated rings. The van der Waals surface area contributed by atoms with Crippen LogP contribution in [0.1, 0.15) is 36.8 Å². The summed E-state index contributed by atoms with van der Waals surface area (Å²) in [4.78, 5) is 26.8. The molecule has 28 heavy (non-hydrogen) atoms. The first-order valence-corrected chi connectivity index (χ1v) is 9.99. The fraction of sp³-hybridized carbons (Fsp3) is 0.619. The molecule has 3 rings (SSSR count). The zero-order valence-corrected chi connectivity index (χ0v) is 17.6. The lowest BCUT2D eigenvalue weighted by molar-refractivity contribution is -0.132. The van der Waals surface area contributed by atoms with E-state index in [4.69, 9.17) is 4.74 Å². The molecule has 0 aliphatic carbocycles. The predicted octanol–water partition coefficient (Wildman–Crippen LogP) is 2.07. The lowest BCUT2D eigenvalue weighted by Crippen LogP contribution is -2.47. The molecule has 2 N–H and O–H groups in total. The number of halogens is 1. The minimum absolute atomic E-state index is 0. The van der Waals surface area contributed by atoms with E-state index in [9.17, 15) is 9.59 Å². The van der Waals surface area contributed by atoms with Gasteiger partial charge in [0.25, 0.3) is 0 Å². The van der Waals surface area contributed by atoms with Crippen LogP contribution in [0.15, 0.2) is 18.2 Å². The first kappa shape index (κ1) is 22.5. The molecule has 0 spiro atoms. The third-order valence-corrected chi connectivity index (χ3v) is 5.64. The maximum Gasteiger partial charge on any atom is 0.237 e. The van der Waals surface area contributed by atoms with Crippen LogP contribution in [0, 0.1) is 12.8 Å². The number of hydrogen-bond acceptors (Lipinski definition) is 4. The number of carbonyl (C=O) groups excluding carboxylic acids is 2. The Labute approximate surface area is 173 Å². The molecule has 2 unspecified atom stereocenters. The second kappa shape index (κ2) is 10.7. The number of nitrogens with one attached hydrogen (secondary N) is 2. The number of hydrogen-bond donors (Lipinski definition) is 2. The largest absolute Gasteiger partial charge is 0.496 e. The monoisotopic (exact) mass is 409 g/mol. The summed E-state index contributed by atoms with van der Waals surface area (Å²) >= 11 is 0. The number of likely N-dealkylation sites (tertiary alicyclic amines) is 1. The van der Waals surface area contributed by atoms with Crippen molar-refractivity contribution in [2.45, 2.75) is 45.1 Å². The van der Waals surface area contributed by atoms with E-state index in [0.717, 1.165) is 62.2 Å². The second-order valence-electron chi connectivity index (χ2n) is 7.72. The number of methoxy groups -OCH3 is 1. The van der Waals surface area contributed by atoms with Gasteiger partial charge in [0.05, 0.1) is 19.6 Å². The third kappa shape index (κ3) is 5.85. The van der Waals surface area contributed by atoms with E-state index in [-0.39, 0.29) is 30.3 Å². The zero-order chi connectivity index (χ0) is 19.2. The van der Waals surface area contributed by atoms with Crippen molar-refractivity contribution in [1.82, 2.24) is 15.5 Å². The minimum Gasteiger partial charge on any atom is -0.496 e. The van der Waals surface area contributed by atoms with E-state index in [1.165, 1.54) is 0 Å². The van der Waals surface area contributed by atoms with Crippen LogP contribution in [0.3, 0.4) is 0 Å². The lowest BCUT2D eigenvalue weighted by Gasteiger charge is -2.33. The van der Waals surface area contributed by atoms with Crippen molar-refractivity contribution in [3.05, 3.63) is 29.3 Å². The summed E-state index contributed by atoms with van der Waals surface area (Å²) in [6, 6.07) is 5.89. The van der Waals surface area contributed by atoms with Crippen LogP contribution in [-0.4, -0.2) is 56.0 Å². The Bertz CT molecular complexity index is 677. The van der Waals surface area contributed by atoms with Crippen LogP contribution >= 0.6 is 12.4 Å². The van der Waals surface area contributed by atoms with E-state index < -0.39 is 0 Å². The zero-order valence-electron chi connectivity index (χ0n) is 16.8. The highest BCUT2D eigenvalue weighted by Gasteiger charge is 2.26. The van der Waals surface area contributed by atoms with E-state index in [1.807, 2.05) is 30.0 Å². The minimum atomic E-state index is -0.0390. The number of nitrogens with zero attached hydrogens (tertiary/aromatic N) is 1. The van der Waals surface area contributed by atoms with E-state index in [2.05, 4.69) is 10.6 Å². The topological polar surface area (TPSA) is 70.7 Å². The number of aryl methyl sites for hydroxylation is 1. The number of carbonyl (C=O) groups is 2. The number of ether oxygens (including phenoxy) is 1. The van der Waals surface area contributed by atoms with Gasteiger partial charge in [-0.05, 0) is 62.3 Å². The van der Waals surface area contributed by atoms with Crippen LogP contribution in [0.25, 0.3) is 0 Å². The molecule has 2 atom stereocenters. The number of rotatable bonds is 6. The fourth-order valence-corrected chi connectivity index (χ4v) is 4.00. The molecule has 7 heteroatoms. The molecule has 6 nitrogen and oxygen atoms in total. The van der Waals surface area contributed by atoms with E-state index in [0.29, 0.717) is 18.9 Å². The molecule has 0 aromatic heterocycles. The van der Waals surface area contributed by atoms with Crippen molar-refractivity contribution in [3.63, 3.8) is 0 Å². The molecule has 2 saturated heterocycles. The second-order valence-corrected chi connectivity index (χ2v) is 7.72. The van der Waals surface area contributed by atoms with Gasteiger partial charge in [-0.2, -0.15) is 0 Å². The quantitative estimate of drug-likeness (QED) is 0.754. The van der Waals surface area contributed by atoms with Gasteiger partial charge in [-0.3, -0.25) is 9.59 Å². The van der Waals surface area contributed by atoms with Crippen LogP contribution < -0.4 is 15.4 Å². The van der Waals surface area contributed by atoms with Crippen LogP contribution in [0.4, 0.5) is 0 Å². The van der Waals surface area contributed by atoms with Crippen molar-refractivity contribution in [3.8, 4) is 5.75 Å². The third-order valence-electron chi connectivity index (χ3n) is 5.64. The molecule has 2 aliphatic heterocycles. The number of benzene rings is 1. The summed E-state index contributed by atoms with van der Waals surface area (Å²) in [5, 5.41) is 6.29. The molecule has 156 valence electrons. The fourth-order valence-electron chi connectivity index (χ4n) is 4.00. The van der Waals surface area contributed by atoms with Gasteiger partial charge >= 0.3 is 0 Å². The van der Waals surface area contributed by atoms with Crippen LogP contribution in [0.5, 0.6) is 5.75 Å². The SMILES string of the molecule is COc1cc(CC(=O)N2CCCC(CNC(=O)C3CCCN3)C2)ccc1C.Cl. The van der Waals surface area contributed by atoms with Gasteiger partial charge in [-0.15, -0.1) is 12.4 Å². The average molecular weight is 410 g/mol. The van der Waals surface area contributed by atoms with Crippen molar-refractivity contribution in [2.24, 2.45) is 5.92 Å². The molecule has 1 aromatic carbocycles. The molecule has 0 saturated carbocycles. The van der Waals surface area contributed by atoms with Crippen LogP contribution in [0.2, 0.25) is 0 Å². The van der Waals surface area contributed by atoms with Gasteiger partial charge in [0.1, 0.15) is 5.75 Å². The maximum atomic E-state index is 12.7. The molecule has 0 bridgehead atoms. The molecular weight excluding hydrogens is 378 g/mol. The summed E-state index contributed by atoms with van der Waals surface area (Å²) in [7, 11) is 1.65. The predicted molar refractivity (Wildman–Crippen MR) is 112 cm³/mol. The summed E-state index contributed by atoms with van der Waals surface area (Å²) in [5.41, 5.74) is 2.05.